The van der Waals surface area contributed by atoms with Crippen LogP contribution in [0, 0.1) is 0 Å². The van der Waals surface area contributed by atoms with Gasteiger partial charge in [0.1, 0.15) is 30.2 Å². The maximum atomic E-state index is 13.3. The molecule has 10 heteroatoms. The van der Waals surface area contributed by atoms with Gasteiger partial charge in [0.05, 0.1) is 12.9 Å². The lowest BCUT2D eigenvalue weighted by Gasteiger charge is -2.29. The van der Waals surface area contributed by atoms with Crippen molar-refractivity contribution in [3.63, 3.8) is 0 Å². The molecule has 0 radical (unpaired) electrons. The first-order chi connectivity index (χ1) is 10.4. The van der Waals surface area contributed by atoms with Gasteiger partial charge in [0, 0.05) is 0 Å². The Labute approximate surface area is 124 Å². The maximum Gasteiger partial charge on any atom is 0.168 e. The number of fused-ring (bicyclic) bond motifs is 1. The van der Waals surface area contributed by atoms with Crippen LogP contribution in [0.15, 0.2) is 12.7 Å². The van der Waals surface area contributed by atoms with Crippen LogP contribution in [0.25, 0.3) is 11.2 Å². The summed E-state index contributed by atoms with van der Waals surface area (Å²) >= 11 is 0. The molecule has 1 fully saturated rings. The third-order valence-corrected chi connectivity index (χ3v) is 4.03. The topological polar surface area (TPSA) is 140 Å². The fourth-order valence-electron chi connectivity index (χ4n) is 2.72. The van der Waals surface area contributed by atoms with Crippen LogP contribution in [0.3, 0.4) is 0 Å². The smallest absolute Gasteiger partial charge is 0.168 e. The van der Waals surface area contributed by atoms with Crippen molar-refractivity contribution >= 4 is 17.0 Å². The van der Waals surface area contributed by atoms with Crippen LogP contribution in [-0.2, 0) is 4.74 Å². The van der Waals surface area contributed by atoms with E-state index < -0.39 is 36.8 Å². The van der Waals surface area contributed by atoms with E-state index in [4.69, 9.17) is 10.5 Å². The second kappa shape index (κ2) is 4.81. The molecule has 4 unspecified atom stereocenters. The molecule has 0 spiro atoms. The highest BCUT2D eigenvalue weighted by Crippen LogP contribution is 2.45. The van der Waals surface area contributed by atoms with Gasteiger partial charge in [-0.2, -0.15) is 0 Å². The van der Waals surface area contributed by atoms with Gasteiger partial charge in [0.2, 0.25) is 0 Å². The van der Waals surface area contributed by atoms with Crippen LogP contribution in [0.5, 0.6) is 0 Å². The summed E-state index contributed by atoms with van der Waals surface area (Å²) in [6, 6.07) is 0. The van der Waals surface area contributed by atoms with Crippen molar-refractivity contribution in [3.8, 4) is 0 Å². The van der Waals surface area contributed by atoms with Crippen LogP contribution >= 0.6 is 0 Å². The summed E-state index contributed by atoms with van der Waals surface area (Å²) in [5.74, 6) is 0.140. The molecule has 3 rings (SSSR count). The number of nitrogens with two attached hydrogens (primary N) is 1. The Hall–Kier alpha value is -1.88. The molecule has 2 aromatic rings. The number of aliphatic hydroxyl groups excluding tert-OH is 2. The minimum atomic E-state index is -1.91. The van der Waals surface area contributed by atoms with Gasteiger partial charge in [-0.25, -0.2) is 19.3 Å². The molecule has 0 saturated carbocycles. The predicted molar refractivity (Wildman–Crippen MR) is 72.3 cm³/mol. The van der Waals surface area contributed by atoms with Gasteiger partial charge in [0.25, 0.3) is 0 Å². The summed E-state index contributed by atoms with van der Waals surface area (Å²) < 4.78 is 20.1. The van der Waals surface area contributed by atoms with E-state index in [2.05, 4.69) is 15.0 Å². The number of alkyl halides is 1. The Morgan fingerprint density at radius 3 is 2.77 bits per heavy atom. The second-order valence-electron chi connectivity index (χ2n) is 5.54. The summed E-state index contributed by atoms with van der Waals surface area (Å²) in [4.78, 5) is 11.9. The molecule has 4 atom stereocenters. The number of rotatable bonds is 3. The van der Waals surface area contributed by atoms with E-state index in [9.17, 15) is 19.7 Å². The van der Waals surface area contributed by atoms with Crippen LogP contribution in [0.2, 0.25) is 0 Å². The number of imidazole rings is 1. The molecule has 9 nitrogen and oxygen atoms in total. The molecule has 120 valence electrons. The Balaban J connectivity index is 2.12. The van der Waals surface area contributed by atoms with Gasteiger partial charge in [-0.05, 0) is 6.92 Å². The highest BCUT2D eigenvalue weighted by Gasteiger charge is 2.62. The van der Waals surface area contributed by atoms with Crippen molar-refractivity contribution in [1.29, 1.82) is 0 Å². The zero-order valence-corrected chi connectivity index (χ0v) is 11.7. The van der Waals surface area contributed by atoms with Crippen molar-refractivity contribution in [2.75, 3.05) is 19.0 Å². The van der Waals surface area contributed by atoms with E-state index in [0.717, 1.165) is 0 Å². The fourth-order valence-corrected chi connectivity index (χ4v) is 2.72. The number of nitrogen functional groups attached to an aromatic ring is 1. The van der Waals surface area contributed by atoms with Gasteiger partial charge in [-0.15, -0.1) is 0 Å². The van der Waals surface area contributed by atoms with Gasteiger partial charge in [-0.3, -0.25) is 4.57 Å². The number of nitrogens with zero attached hydrogens (tertiary/aromatic N) is 4. The van der Waals surface area contributed by atoms with Crippen LogP contribution in [0.1, 0.15) is 13.2 Å². The van der Waals surface area contributed by atoms with Gasteiger partial charge >= 0.3 is 0 Å². The number of halogens is 1. The number of hydrogen-bond acceptors (Lipinski definition) is 8. The van der Waals surface area contributed by atoms with Crippen molar-refractivity contribution in [2.24, 2.45) is 0 Å². The maximum absolute atomic E-state index is 13.3. The molecular formula is C12H16FN5O4. The van der Waals surface area contributed by atoms with Crippen molar-refractivity contribution in [3.05, 3.63) is 12.7 Å². The van der Waals surface area contributed by atoms with Crippen LogP contribution < -0.4 is 5.73 Å². The zero-order valence-electron chi connectivity index (χ0n) is 11.7. The molecule has 1 aliphatic heterocycles. The number of aromatic nitrogens is 4. The summed E-state index contributed by atoms with van der Waals surface area (Å²) in [6.07, 6.45) is -0.334. The van der Waals surface area contributed by atoms with Crippen LogP contribution in [0.4, 0.5) is 10.2 Å². The third-order valence-electron chi connectivity index (χ3n) is 4.03. The molecule has 0 aliphatic carbocycles. The Bertz CT molecular complexity index is 702. The van der Waals surface area contributed by atoms with E-state index in [0.29, 0.717) is 0 Å². The van der Waals surface area contributed by atoms with E-state index in [1.165, 1.54) is 24.1 Å². The lowest BCUT2D eigenvalue weighted by molar-refractivity contribution is -0.137. The minimum Gasteiger partial charge on any atom is -0.393 e. The first kappa shape index (κ1) is 15.0. The lowest BCUT2D eigenvalue weighted by atomic mass is 9.88. The van der Waals surface area contributed by atoms with Gasteiger partial charge < -0.3 is 25.8 Å². The van der Waals surface area contributed by atoms with Gasteiger partial charge in [-0.1, -0.05) is 0 Å². The SMILES string of the molecule is CC1(O)C(n2cnc3c(N)ncnc32)OC(CO)(CF)C1O. The molecular weight excluding hydrogens is 297 g/mol. The zero-order chi connectivity index (χ0) is 16.1. The first-order valence-electron chi connectivity index (χ1n) is 6.55. The summed E-state index contributed by atoms with van der Waals surface area (Å²) in [6.45, 7) is -0.673. The normalized spacial score (nSPS) is 35.3. The molecule has 0 amide bonds. The summed E-state index contributed by atoms with van der Waals surface area (Å²) in [7, 11) is 0. The number of anilines is 1. The van der Waals surface area contributed by atoms with E-state index in [-0.39, 0.29) is 17.0 Å². The molecule has 3 heterocycles. The largest absolute Gasteiger partial charge is 0.393 e. The first-order valence-corrected chi connectivity index (χ1v) is 6.55. The Kier molecular flexibility index (Phi) is 3.29. The quantitative estimate of drug-likeness (QED) is 0.551. The van der Waals surface area contributed by atoms with E-state index >= 15 is 0 Å². The molecule has 22 heavy (non-hydrogen) atoms. The third kappa shape index (κ3) is 1.81. The molecule has 0 aromatic carbocycles. The number of ether oxygens (including phenoxy) is 1. The predicted octanol–water partition coefficient (Wildman–Crippen LogP) is -1.25. The molecule has 1 saturated heterocycles. The fraction of sp³-hybridized carbons (Fsp3) is 0.583. The standard InChI is InChI=1S/C12H16FN5O4/c1-11(21)9(20)12(2-13,3-19)22-10(11)18-5-17-6-7(14)15-4-16-8(6)18/h4-5,9-10,19-21H,2-3H2,1H3,(H2,14,15,16). The molecule has 1 aliphatic rings. The number of aliphatic hydroxyl groups is 3. The highest BCUT2D eigenvalue weighted by molar-refractivity contribution is 5.81. The van der Waals surface area contributed by atoms with Crippen molar-refractivity contribution in [1.82, 2.24) is 19.5 Å². The lowest BCUT2D eigenvalue weighted by Crippen LogP contribution is -2.52. The van der Waals surface area contributed by atoms with Gasteiger partial charge in [0.15, 0.2) is 23.3 Å². The Morgan fingerprint density at radius 2 is 2.18 bits per heavy atom. The second-order valence-corrected chi connectivity index (χ2v) is 5.54. The van der Waals surface area contributed by atoms with Crippen LogP contribution in [-0.4, -0.2) is 65.4 Å². The molecule has 2 aromatic heterocycles. The minimum absolute atomic E-state index is 0.140. The summed E-state index contributed by atoms with van der Waals surface area (Å²) in [5.41, 5.74) is 2.45. The monoisotopic (exact) mass is 313 g/mol. The molecule has 5 N–H and O–H groups in total. The average molecular weight is 313 g/mol. The average Bonchev–Trinajstić information content (AvgIpc) is 3.00. The van der Waals surface area contributed by atoms with Crippen molar-refractivity contribution < 1.29 is 24.4 Å². The Morgan fingerprint density at radius 1 is 1.45 bits per heavy atom. The van der Waals surface area contributed by atoms with E-state index in [1.54, 1.807) is 0 Å². The highest BCUT2D eigenvalue weighted by atomic mass is 19.1. The summed E-state index contributed by atoms with van der Waals surface area (Å²) in [5, 5.41) is 30.1. The number of hydrogen-bond donors (Lipinski definition) is 4. The van der Waals surface area contributed by atoms with E-state index in [1.807, 2.05) is 0 Å². The van der Waals surface area contributed by atoms with Crippen molar-refractivity contribution in [2.45, 2.75) is 30.5 Å². The molecule has 0 bridgehead atoms.